The number of halogens is 1. The van der Waals surface area contributed by atoms with Gasteiger partial charge in [0.15, 0.2) is 0 Å². The number of rotatable bonds is 3. The molecule has 3 aromatic heterocycles. The van der Waals surface area contributed by atoms with E-state index >= 15 is 4.39 Å². The molecule has 7 nitrogen and oxygen atoms in total. The van der Waals surface area contributed by atoms with Crippen LogP contribution < -0.4 is 11.3 Å². The maximum absolute atomic E-state index is 15.4. The van der Waals surface area contributed by atoms with Crippen molar-refractivity contribution in [2.45, 2.75) is 31.4 Å². The number of fused-ring (bicyclic) bond motifs is 2. The fourth-order valence-electron chi connectivity index (χ4n) is 4.95. The fraction of sp³-hybridized carbons (Fsp3) is 0.192. The molecule has 6 rings (SSSR count). The molecule has 1 aliphatic rings. The third kappa shape index (κ3) is 3.10. The molecule has 0 saturated heterocycles. The Balaban J connectivity index is 1.58. The fourth-order valence-corrected chi connectivity index (χ4v) is 4.95. The molecular formula is C26H22FN5O2. The van der Waals surface area contributed by atoms with Crippen molar-refractivity contribution >= 4 is 27.5 Å². The standard InChI is InChI=1S/C26H22FN5O2/c1-26(34)13-17(14-26)32-21-7-9-29-24(28)22(21)23(30-32)19-12-18-15(11-20(19)27)8-10-31(25(18)33)16-5-3-2-4-6-16/h2-12,17,34H,13-14H2,1H3,(H2,28,29). The van der Waals surface area contributed by atoms with Crippen molar-refractivity contribution in [1.82, 2.24) is 19.3 Å². The summed E-state index contributed by atoms with van der Waals surface area (Å²) < 4.78 is 18.7. The lowest BCUT2D eigenvalue weighted by Gasteiger charge is -2.41. The molecule has 0 spiro atoms. The van der Waals surface area contributed by atoms with Crippen molar-refractivity contribution in [3.05, 3.63) is 83.2 Å². The van der Waals surface area contributed by atoms with Gasteiger partial charge in [-0.2, -0.15) is 5.10 Å². The summed E-state index contributed by atoms with van der Waals surface area (Å²) in [6.07, 6.45) is 4.31. The summed E-state index contributed by atoms with van der Waals surface area (Å²) in [5.41, 5.74) is 7.17. The van der Waals surface area contributed by atoms with Crippen LogP contribution in [0.15, 0.2) is 71.8 Å². The van der Waals surface area contributed by atoms with Gasteiger partial charge in [-0.25, -0.2) is 9.37 Å². The van der Waals surface area contributed by atoms with E-state index in [4.69, 9.17) is 10.8 Å². The van der Waals surface area contributed by atoms with Gasteiger partial charge in [0, 0.05) is 29.0 Å². The number of anilines is 1. The molecule has 0 atom stereocenters. The van der Waals surface area contributed by atoms with Crippen molar-refractivity contribution in [3.8, 4) is 16.9 Å². The van der Waals surface area contributed by atoms with Gasteiger partial charge in [-0.3, -0.25) is 14.0 Å². The number of benzene rings is 2. The van der Waals surface area contributed by atoms with Crippen LogP contribution in [0.4, 0.5) is 10.2 Å². The smallest absolute Gasteiger partial charge is 0.262 e. The Morgan fingerprint density at radius 1 is 1.15 bits per heavy atom. The van der Waals surface area contributed by atoms with Gasteiger partial charge >= 0.3 is 0 Å². The Morgan fingerprint density at radius 2 is 1.91 bits per heavy atom. The molecule has 0 unspecified atom stereocenters. The second kappa shape index (κ2) is 7.23. The highest BCUT2D eigenvalue weighted by atomic mass is 19.1. The second-order valence-corrected chi connectivity index (χ2v) is 9.19. The normalized spacial score (nSPS) is 20.0. The Kier molecular flexibility index (Phi) is 4.37. The zero-order valence-corrected chi connectivity index (χ0v) is 18.4. The molecule has 0 aliphatic heterocycles. The summed E-state index contributed by atoms with van der Waals surface area (Å²) in [6.45, 7) is 1.78. The zero-order chi connectivity index (χ0) is 23.6. The topological polar surface area (TPSA) is 99.0 Å². The average molecular weight is 455 g/mol. The summed E-state index contributed by atoms with van der Waals surface area (Å²) in [6, 6.07) is 15.6. The molecule has 2 aromatic carbocycles. The number of aromatic nitrogens is 4. The predicted octanol–water partition coefficient (Wildman–Crippen LogP) is 4.21. The van der Waals surface area contributed by atoms with Crippen LogP contribution in [0.3, 0.4) is 0 Å². The van der Waals surface area contributed by atoms with E-state index in [-0.39, 0.29) is 23.0 Å². The van der Waals surface area contributed by atoms with Crippen LogP contribution in [-0.2, 0) is 0 Å². The summed E-state index contributed by atoms with van der Waals surface area (Å²) in [7, 11) is 0. The highest BCUT2D eigenvalue weighted by Crippen LogP contribution is 2.44. The minimum Gasteiger partial charge on any atom is -0.390 e. The van der Waals surface area contributed by atoms with E-state index in [0.29, 0.717) is 34.7 Å². The van der Waals surface area contributed by atoms with Gasteiger partial charge in [0.1, 0.15) is 17.3 Å². The van der Waals surface area contributed by atoms with Gasteiger partial charge in [0.05, 0.1) is 22.5 Å². The van der Waals surface area contributed by atoms with Gasteiger partial charge in [0.25, 0.3) is 5.56 Å². The maximum atomic E-state index is 15.4. The van der Waals surface area contributed by atoms with Gasteiger partial charge in [-0.15, -0.1) is 0 Å². The van der Waals surface area contributed by atoms with Crippen molar-refractivity contribution in [3.63, 3.8) is 0 Å². The lowest BCUT2D eigenvalue weighted by molar-refractivity contribution is -0.0529. The van der Waals surface area contributed by atoms with E-state index in [9.17, 15) is 9.90 Å². The van der Waals surface area contributed by atoms with E-state index in [1.807, 2.05) is 30.3 Å². The maximum Gasteiger partial charge on any atom is 0.262 e. The van der Waals surface area contributed by atoms with Crippen LogP contribution in [0.25, 0.3) is 38.6 Å². The molecular weight excluding hydrogens is 433 g/mol. The molecule has 1 fully saturated rings. The number of aliphatic hydroxyl groups is 1. The van der Waals surface area contributed by atoms with Gasteiger partial charge in [0.2, 0.25) is 0 Å². The Morgan fingerprint density at radius 3 is 2.65 bits per heavy atom. The molecule has 8 heteroatoms. The van der Waals surface area contributed by atoms with Gasteiger partial charge in [-0.05, 0) is 61.5 Å². The first-order chi connectivity index (χ1) is 16.3. The molecule has 5 aromatic rings. The Labute approximate surface area is 193 Å². The Hall–Kier alpha value is -4.04. The largest absolute Gasteiger partial charge is 0.390 e. The van der Waals surface area contributed by atoms with E-state index in [1.54, 1.807) is 42.2 Å². The third-order valence-electron chi connectivity index (χ3n) is 6.63. The van der Waals surface area contributed by atoms with E-state index in [0.717, 1.165) is 11.2 Å². The molecule has 34 heavy (non-hydrogen) atoms. The van der Waals surface area contributed by atoms with Crippen LogP contribution in [0.5, 0.6) is 0 Å². The lowest BCUT2D eigenvalue weighted by Crippen LogP contribution is -2.42. The predicted molar refractivity (Wildman–Crippen MR) is 129 cm³/mol. The number of nitrogens with two attached hydrogens (primary N) is 1. The van der Waals surface area contributed by atoms with Crippen molar-refractivity contribution in [2.24, 2.45) is 0 Å². The lowest BCUT2D eigenvalue weighted by atomic mass is 9.77. The van der Waals surface area contributed by atoms with Crippen LogP contribution in [-0.4, -0.2) is 30.0 Å². The van der Waals surface area contributed by atoms with Crippen LogP contribution in [0.1, 0.15) is 25.8 Å². The zero-order valence-electron chi connectivity index (χ0n) is 18.4. The molecule has 3 heterocycles. The second-order valence-electron chi connectivity index (χ2n) is 9.19. The van der Waals surface area contributed by atoms with Gasteiger partial charge < -0.3 is 10.8 Å². The van der Waals surface area contributed by atoms with Crippen molar-refractivity contribution in [1.29, 1.82) is 0 Å². The first-order valence-corrected chi connectivity index (χ1v) is 11.1. The molecule has 0 amide bonds. The van der Waals surface area contributed by atoms with Crippen LogP contribution in [0.2, 0.25) is 0 Å². The SMILES string of the molecule is CC1(O)CC(n2nc(-c3cc4c(=O)n(-c5ccccc5)ccc4cc3F)c3c(N)nccc32)C1. The molecule has 0 bridgehead atoms. The molecule has 3 N–H and O–H groups in total. The van der Waals surface area contributed by atoms with E-state index in [2.05, 4.69) is 4.98 Å². The number of hydrogen-bond acceptors (Lipinski definition) is 5. The monoisotopic (exact) mass is 455 g/mol. The summed E-state index contributed by atoms with van der Waals surface area (Å²) in [4.78, 5) is 17.5. The third-order valence-corrected chi connectivity index (χ3v) is 6.63. The minimum atomic E-state index is -0.752. The number of pyridine rings is 2. The van der Waals surface area contributed by atoms with Crippen LogP contribution >= 0.6 is 0 Å². The number of nitrogen functional groups attached to an aromatic ring is 1. The summed E-state index contributed by atoms with van der Waals surface area (Å²) >= 11 is 0. The first kappa shape index (κ1) is 20.6. The van der Waals surface area contributed by atoms with Crippen molar-refractivity contribution < 1.29 is 9.50 Å². The quantitative estimate of drug-likeness (QED) is 0.425. The summed E-state index contributed by atoms with van der Waals surface area (Å²) in [5, 5.41) is 16.4. The number of nitrogens with zero attached hydrogens (tertiary/aromatic N) is 4. The molecule has 1 aliphatic carbocycles. The molecule has 170 valence electrons. The summed E-state index contributed by atoms with van der Waals surface area (Å²) in [5.74, 6) is -0.265. The van der Waals surface area contributed by atoms with Gasteiger partial charge in [-0.1, -0.05) is 18.2 Å². The molecule has 0 radical (unpaired) electrons. The molecule has 1 saturated carbocycles. The highest BCUT2D eigenvalue weighted by molar-refractivity contribution is 6.01. The number of para-hydroxylation sites is 1. The number of hydrogen-bond donors (Lipinski definition) is 2. The van der Waals surface area contributed by atoms with Crippen molar-refractivity contribution in [2.75, 3.05) is 5.73 Å². The van der Waals surface area contributed by atoms with E-state index < -0.39 is 11.4 Å². The average Bonchev–Trinajstić information content (AvgIpc) is 3.18. The Bertz CT molecular complexity index is 1630. The van der Waals surface area contributed by atoms with Crippen LogP contribution in [0, 0.1) is 5.82 Å². The minimum absolute atomic E-state index is 0.0353. The highest BCUT2D eigenvalue weighted by Gasteiger charge is 2.41. The first-order valence-electron chi connectivity index (χ1n) is 11.1. The van der Waals surface area contributed by atoms with E-state index in [1.165, 1.54) is 10.6 Å².